The van der Waals surface area contributed by atoms with Crippen LogP contribution in [0, 0.1) is 11.3 Å². The van der Waals surface area contributed by atoms with Crippen molar-refractivity contribution in [2.75, 3.05) is 18.0 Å². The zero-order valence-corrected chi connectivity index (χ0v) is 11.6. The lowest BCUT2D eigenvalue weighted by Crippen LogP contribution is -2.37. The van der Waals surface area contributed by atoms with Gasteiger partial charge >= 0.3 is 0 Å². The van der Waals surface area contributed by atoms with Crippen LogP contribution in [0.25, 0.3) is 0 Å². The van der Waals surface area contributed by atoms with Crippen LogP contribution in [-0.4, -0.2) is 25.0 Å². The van der Waals surface area contributed by atoms with E-state index in [1.165, 1.54) is 0 Å². The summed E-state index contributed by atoms with van der Waals surface area (Å²) in [5.74, 6) is 0.0508. The molecule has 1 amide bonds. The molecule has 4 heteroatoms. The van der Waals surface area contributed by atoms with Crippen LogP contribution in [-0.2, 0) is 4.79 Å². The first-order chi connectivity index (χ1) is 9.19. The largest absolute Gasteiger partial charge is 0.314 e. The molecule has 0 aliphatic rings. The van der Waals surface area contributed by atoms with Gasteiger partial charge in [-0.25, -0.2) is 0 Å². The zero-order chi connectivity index (χ0) is 14.1. The third-order valence-corrected chi connectivity index (χ3v) is 2.85. The van der Waals surface area contributed by atoms with Crippen LogP contribution in [0.4, 0.5) is 5.69 Å². The van der Waals surface area contributed by atoms with Crippen LogP contribution in [0.2, 0.25) is 0 Å². The SMILES string of the molecule is CCNC(C)CC(=O)N(CCC#N)c1ccccc1. The molecule has 0 heterocycles. The van der Waals surface area contributed by atoms with E-state index in [0.29, 0.717) is 19.4 Å². The molecule has 1 aromatic carbocycles. The molecule has 1 rings (SSSR count). The van der Waals surface area contributed by atoms with Gasteiger partial charge in [0.1, 0.15) is 0 Å². The Kier molecular flexibility index (Phi) is 6.62. The molecule has 1 N–H and O–H groups in total. The third-order valence-electron chi connectivity index (χ3n) is 2.85. The van der Waals surface area contributed by atoms with E-state index in [2.05, 4.69) is 11.4 Å². The molecule has 0 radical (unpaired) electrons. The summed E-state index contributed by atoms with van der Waals surface area (Å²) in [5, 5.41) is 11.9. The van der Waals surface area contributed by atoms with Crippen LogP contribution in [0.15, 0.2) is 30.3 Å². The van der Waals surface area contributed by atoms with Crippen molar-refractivity contribution in [3.05, 3.63) is 30.3 Å². The Labute approximate surface area is 115 Å². The van der Waals surface area contributed by atoms with Gasteiger partial charge in [-0.05, 0) is 25.6 Å². The summed E-state index contributed by atoms with van der Waals surface area (Å²) < 4.78 is 0. The molecule has 1 unspecified atom stereocenters. The summed E-state index contributed by atoms with van der Waals surface area (Å²) in [6, 6.07) is 11.7. The van der Waals surface area contributed by atoms with E-state index in [-0.39, 0.29) is 11.9 Å². The molecule has 0 spiro atoms. The van der Waals surface area contributed by atoms with E-state index in [0.717, 1.165) is 12.2 Å². The number of carbonyl (C=O) groups is 1. The molecule has 0 saturated carbocycles. The van der Waals surface area contributed by atoms with Gasteiger partial charge in [-0.15, -0.1) is 0 Å². The molecule has 1 aromatic rings. The number of benzene rings is 1. The fourth-order valence-corrected chi connectivity index (χ4v) is 1.96. The number of nitrogens with zero attached hydrogens (tertiary/aromatic N) is 2. The van der Waals surface area contributed by atoms with Gasteiger partial charge in [-0.2, -0.15) is 5.26 Å². The predicted molar refractivity (Wildman–Crippen MR) is 76.8 cm³/mol. The third kappa shape index (κ3) is 5.11. The summed E-state index contributed by atoms with van der Waals surface area (Å²) >= 11 is 0. The van der Waals surface area contributed by atoms with Crippen LogP contribution in [0.5, 0.6) is 0 Å². The number of nitriles is 1. The summed E-state index contributed by atoms with van der Waals surface area (Å²) in [6.45, 7) is 5.30. The van der Waals surface area contributed by atoms with Crippen molar-refractivity contribution in [3.8, 4) is 6.07 Å². The van der Waals surface area contributed by atoms with Gasteiger partial charge in [-0.3, -0.25) is 4.79 Å². The molecular formula is C15H21N3O. The minimum absolute atomic E-state index is 0.0508. The van der Waals surface area contributed by atoms with E-state index in [9.17, 15) is 4.79 Å². The number of carbonyl (C=O) groups excluding carboxylic acids is 1. The van der Waals surface area contributed by atoms with Crippen LogP contribution >= 0.6 is 0 Å². The van der Waals surface area contributed by atoms with Crippen molar-refractivity contribution in [3.63, 3.8) is 0 Å². The van der Waals surface area contributed by atoms with Crippen molar-refractivity contribution < 1.29 is 4.79 Å². The molecule has 19 heavy (non-hydrogen) atoms. The number of para-hydroxylation sites is 1. The van der Waals surface area contributed by atoms with E-state index in [4.69, 9.17) is 5.26 Å². The Balaban J connectivity index is 2.74. The second-order valence-corrected chi connectivity index (χ2v) is 4.45. The van der Waals surface area contributed by atoms with Gasteiger partial charge in [0.25, 0.3) is 0 Å². The Morgan fingerprint density at radius 2 is 2.11 bits per heavy atom. The first-order valence-electron chi connectivity index (χ1n) is 6.64. The van der Waals surface area contributed by atoms with Crippen LogP contribution < -0.4 is 10.2 Å². The van der Waals surface area contributed by atoms with E-state index >= 15 is 0 Å². The highest BCUT2D eigenvalue weighted by Crippen LogP contribution is 2.15. The number of anilines is 1. The summed E-state index contributed by atoms with van der Waals surface area (Å²) in [7, 11) is 0. The Morgan fingerprint density at radius 3 is 2.68 bits per heavy atom. The molecule has 102 valence electrons. The lowest BCUT2D eigenvalue weighted by Gasteiger charge is -2.23. The van der Waals surface area contributed by atoms with Crippen LogP contribution in [0.1, 0.15) is 26.7 Å². The number of rotatable bonds is 7. The van der Waals surface area contributed by atoms with E-state index in [1.54, 1.807) is 4.90 Å². The van der Waals surface area contributed by atoms with Crippen molar-refractivity contribution in [1.82, 2.24) is 5.32 Å². The lowest BCUT2D eigenvalue weighted by atomic mass is 10.2. The standard InChI is InChI=1S/C15H21N3O/c1-3-17-13(2)12-15(19)18(11-7-10-16)14-8-5-4-6-9-14/h4-6,8-9,13,17H,3,7,11-12H2,1-2H3. The number of hydrogen-bond donors (Lipinski definition) is 1. The molecule has 0 aliphatic heterocycles. The molecule has 0 bridgehead atoms. The highest BCUT2D eigenvalue weighted by atomic mass is 16.2. The van der Waals surface area contributed by atoms with E-state index in [1.807, 2.05) is 44.2 Å². The molecular weight excluding hydrogens is 238 g/mol. The normalized spacial score (nSPS) is 11.6. The zero-order valence-electron chi connectivity index (χ0n) is 11.6. The molecule has 0 aromatic heterocycles. The van der Waals surface area contributed by atoms with Gasteiger partial charge in [0, 0.05) is 24.7 Å². The number of amides is 1. The summed E-state index contributed by atoms with van der Waals surface area (Å²) in [5.41, 5.74) is 0.853. The van der Waals surface area contributed by atoms with Crippen LogP contribution in [0.3, 0.4) is 0 Å². The first kappa shape index (κ1) is 15.2. The molecule has 4 nitrogen and oxygen atoms in total. The fourth-order valence-electron chi connectivity index (χ4n) is 1.96. The minimum atomic E-state index is 0.0508. The first-order valence-corrected chi connectivity index (χ1v) is 6.64. The average molecular weight is 259 g/mol. The molecule has 0 aliphatic carbocycles. The topological polar surface area (TPSA) is 56.1 Å². The van der Waals surface area contributed by atoms with Gasteiger partial charge < -0.3 is 10.2 Å². The van der Waals surface area contributed by atoms with Crippen molar-refractivity contribution in [2.24, 2.45) is 0 Å². The monoisotopic (exact) mass is 259 g/mol. The molecule has 0 fully saturated rings. The highest BCUT2D eigenvalue weighted by Gasteiger charge is 2.17. The number of hydrogen-bond acceptors (Lipinski definition) is 3. The Morgan fingerprint density at radius 1 is 1.42 bits per heavy atom. The minimum Gasteiger partial charge on any atom is -0.314 e. The Hall–Kier alpha value is -1.86. The summed E-state index contributed by atoms with van der Waals surface area (Å²) in [4.78, 5) is 14.0. The quantitative estimate of drug-likeness (QED) is 0.817. The molecule has 0 saturated heterocycles. The van der Waals surface area contributed by atoms with Gasteiger partial charge in [0.05, 0.1) is 12.5 Å². The smallest absolute Gasteiger partial charge is 0.228 e. The average Bonchev–Trinajstić information content (AvgIpc) is 2.40. The molecule has 1 atom stereocenters. The maximum absolute atomic E-state index is 12.3. The van der Waals surface area contributed by atoms with Gasteiger partial charge in [-0.1, -0.05) is 25.1 Å². The van der Waals surface area contributed by atoms with E-state index < -0.39 is 0 Å². The highest BCUT2D eigenvalue weighted by molar-refractivity contribution is 5.93. The fraction of sp³-hybridized carbons (Fsp3) is 0.467. The lowest BCUT2D eigenvalue weighted by molar-refractivity contribution is -0.119. The number of nitrogens with one attached hydrogen (secondary N) is 1. The van der Waals surface area contributed by atoms with Crippen molar-refractivity contribution >= 4 is 11.6 Å². The van der Waals surface area contributed by atoms with Crippen molar-refractivity contribution in [1.29, 1.82) is 5.26 Å². The second kappa shape index (κ2) is 8.28. The van der Waals surface area contributed by atoms with Gasteiger partial charge in [0.2, 0.25) is 5.91 Å². The van der Waals surface area contributed by atoms with Gasteiger partial charge in [0.15, 0.2) is 0 Å². The second-order valence-electron chi connectivity index (χ2n) is 4.45. The summed E-state index contributed by atoms with van der Waals surface area (Å²) in [6.07, 6.45) is 0.782. The maximum Gasteiger partial charge on any atom is 0.228 e. The predicted octanol–water partition coefficient (Wildman–Crippen LogP) is 2.32. The Bertz CT molecular complexity index is 425. The van der Waals surface area contributed by atoms with Crippen molar-refractivity contribution in [2.45, 2.75) is 32.7 Å². The maximum atomic E-state index is 12.3.